The van der Waals surface area contributed by atoms with Gasteiger partial charge in [0.25, 0.3) is 0 Å². The molecule has 2 rings (SSSR count). The molecule has 0 radical (unpaired) electrons. The maximum atomic E-state index is 13.8. The van der Waals surface area contributed by atoms with Gasteiger partial charge in [-0.05, 0) is 30.5 Å². The largest absolute Gasteiger partial charge is 0.495 e. The number of hydrogen-bond acceptors (Lipinski definition) is 4. The van der Waals surface area contributed by atoms with Crippen LogP contribution in [0.5, 0.6) is 5.75 Å². The topological polar surface area (TPSA) is 63.6 Å². The summed E-state index contributed by atoms with van der Waals surface area (Å²) < 4.78 is 41.5. The van der Waals surface area contributed by atoms with Crippen molar-refractivity contribution in [3.63, 3.8) is 0 Å². The molecule has 0 unspecified atom stereocenters. The molecule has 0 aromatic heterocycles. The van der Waals surface area contributed by atoms with E-state index in [1.54, 1.807) is 0 Å². The summed E-state index contributed by atoms with van der Waals surface area (Å²) in [6.07, 6.45) is 2.01. The van der Waals surface area contributed by atoms with Crippen LogP contribution in [0.2, 0.25) is 0 Å². The van der Waals surface area contributed by atoms with E-state index in [0.717, 1.165) is 12.3 Å². The van der Waals surface area contributed by atoms with E-state index < -0.39 is 26.2 Å². The maximum Gasteiger partial charge on any atom is 0.182 e. The second-order valence-electron chi connectivity index (χ2n) is 4.29. The summed E-state index contributed by atoms with van der Waals surface area (Å²) in [5.41, 5.74) is -0.663. The average molecular weight is 260 g/mol. The van der Waals surface area contributed by atoms with Crippen LogP contribution in [0.25, 0.3) is 0 Å². The van der Waals surface area contributed by atoms with E-state index in [1.807, 2.05) is 0 Å². The number of ether oxygens (including phenoxy) is 1. The Morgan fingerprint density at radius 2 is 2.00 bits per heavy atom. The Morgan fingerprint density at radius 1 is 1.41 bits per heavy atom. The molecule has 0 bridgehead atoms. The molecule has 1 fully saturated rings. The highest BCUT2D eigenvalue weighted by Gasteiger charge is 2.43. The fourth-order valence-electron chi connectivity index (χ4n) is 1.76. The van der Waals surface area contributed by atoms with Crippen LogP contribution < -0.4 is 4.74 Å². The average Bonchev–Trinajstić information content (AvgIpc) is 2.94. The minimum atomic E-state index is -3.70. The van der Waals surface area contributed by atoms with Crippen molar-refractivity contribution in [3.8, 4) is 5.75 Å². The summed E-state index contributed by atoms with van der Waals surface area (Å²) in [6.45, 7) is 0. The molecule has 0 amide bonds. The first-order valence-electron chi connectivity index (χ1n) is 5.08. The second kappa shape index (κ2) is 3.68. The minimum absolute atomic E-state index is 0.0668. The van der Waals surface area contributed by atoms with Crippen molar-refractivity contribution in [2.24, 2.45) is 0 Å². The predicted octanol–water partition coefficient (Wildman–Crippen LogP) is 1.22. The van der Waals surface area contributed by atoms with E-state index in [9.17, 15) is 17.9 Å². The molecule has 1 aromatic rings. The van der Waals surface area contributed by atoms with Gasteiger partial charge in [0, 0.05) is 6.26 Å². The van der Waals surface area contributed by atoms with Gasteiger partial charge in [0.2, 0.25) is 0 Å². The first-order valence-corrected chi connectivity index (χ1v) is 6.97. The van der Waals surface area contributed by atoms with Gasteiger partial charge in [-0.3, -0.25) is 0 Å². The highest BCUT2D eigenvalue weighted by molar-refractivity contribution is 7.90. The molecule has 0 aliphatic heterocycles. The van der Waals surface area contributed by atoms with E-state index in [1.165, 1.54) is 13.2 Å². The normalized spacial score (nSPS) is 17.9. The zero-order valence-electron chi connectivity index (χ0n) is 9.53. The number of rotatable bonds is 3. The molecule has 0 spiro atoms. The number of sulfone groups is 1. The SMILES string of the molecule is COc1cc(C2(O)CC2)cc(F)c1S(C)(=O)=O. The molecule has 1 aromatic carbocycles. The van der Waals surface area contributed by atoms with Crippen LogP contribution in [0.1, 0.15) is 18.4 Å². The van der Waals surface area contributed by atoms with Gasteiger partial charge < -0.3 is 9.84 Å². The fraction of sp³-hybridized carbons (Fsp3) is 0.455. The third-order valence-corrected chi connectivity index (χ3v) is 4.00. The van der Waals surface area contributed by atoms with Gasteiger partial charge in [-0.2, -0.15) is 0 Å². The van der Waals surface area contributed by atoms with Gasteiger partial charge >= 0.3 is 0 Å². The van der Waals surface area contributed by atoms with Gasteiger partial charge in [-0.25, -0.2) is 12.8 Å². The van der Waals surface area contributed by atoms with Crippen LogP contribution in [0.15, 0.2) is 17.0 Å². The van der Waals surface area contributed by atoms with Crippen molar-refractivity contribution in [2.45, 2.75) is 23.3 Å². The summed E-state index contributed by atoms with van der Waals surface area (Å²) in [5.74, 6) is -0.954. The van der Waals surface area contributed by atoms with E-state index in [-0.39, 0.29) is 5.75 Å². The molecule has 4 nitrogen and oxygen atoms in total. The molecular formula is C11H13FO4S. The summed E-state index contributed by atoms with van der Waals surface area (Å²) in [5, 5.41) is 9.87. The third-order valence-electron chi connectivity index (χ3n) is 2.86. The van der Waals surface area contributed by atoms with E-state index in [0.29, 0.717) is 18.4 Å². The molecule has 94 valence electrons. The fourth-order valence-corrected chi connectivity index (χ4v) is 2.68. The van der Waals surface area contributed by atoms with Crippen LogP contribution in [0.4, 0.5) is 4.39 Å². The summed E-state index contributed by atoms with van der Waals surface area (Å²) in [7, 11) is -2.43. The second-order valence-corrected chi connectivity index (χ2v) is 6.25. The van der Waals surface area contributed by atoms with Crippen LogP contribution in [0.3, 0.4) is 0 Å². The van der Waals surface area contributed by atoms with Gasteiger partial charge in [0.15, 0.2) is 9.84 Å². The van der Waals surface area contributed by atoms with Crippen LogP contribution in [0, 0.1) is 5.82 Å². The quantitative estimate of drug-likeness (QED) is 0.887. The van der Waals surface area contributed by atoms with Gasteiger partial charge in [-0.1, -0.05) is 0 Å². The number of benzene rings is 1. The monoisotopic (exact) mass is 260 g/mol. The zero-order valence-corrected chi connectivity index (χ0v) is 10.3. The third kappa shape index (κ3) is 2.14. The molecule has 1 aliphatic carbocycles. The van der Waals surface area contributed by atoms with Crippen LogP contribution in [-0.4, -0.2) is 26.9 Å². The summed E-state index contributed by atoms with van der Waals surface area (Å²) in [6, 6.07) is 2.44. The van der Waals surface area contributed by atoms with Gasteiger partial charge in [-0.15, -0.1) is 0 Å². The lowest BCUT2D eigenvalue weighted by Crippen LogP contribution is -2.10. The standard InChI is InChI=1S/C11H13FO4S/c1-16-9-6-7(11(13)3-4-11)5-8(12)10(9)17(2,14)15/h5-6,13H,3-4H2,1-2H3. The van der Waals surface area contributed by atoms with Crippen LogP contribution >= 0.6 is 0 Å². The lowest BCUT2D eigenvalue weighted by atomic mass is 10.1. The van der Waals surface area contributed by atoms with Crippen molar-refractivity contribution in [2.75, 3.05) is 13.4 Å². The first kappa shape index (κ1) is 12.3. The molecule has 17 heavy (non-hydrogen) atoms. The van der Waals surface area contributed by atoms with E-state index in [4.69, 9.17) is 4.74 Å². The Balaban J connectivity index is 2.64. The van der Waals surface area contributed by atoms with Crippen molar-refractivity contribution in [1.82, 2.24) is 0 Å². The van der Waals surface area contributed by atoms with Crippen molar-refractivity contribution in [1.29, 1.82) is 0 Å². The van der Waals surface area contributed by atoms with Crippen molar-refractivity contribution < 1.29 is 22.7 Å². The van der Waals surface area contributed by atoms with Gasteiger partial charge in [0.1, 0.15) is 16.5 Å². The molecule has 0 saturated heterocycles. The number of halogens is 1. The molecule has 0 heterocycles. The molecule has 1 saturated carbocycles. The highest BCUT2D eigenvalue weighted by atomic mass is 32.2. The Hall–Kier alpha value is -1.14. The number of aliphatic hydroxyl groups is 1. The summed E-state index contributed by atoms with van der Waals surface area (Å²) >= 11 is 0. The lowest BCUT2D eigenvalue weighted by molar-refractivity contribution is 0.150. The highest BCUT2D eigenvalue weighted by Crippen LogP contribution is 2.47. The zero-order chi connectivity index (χ0) is 12.8. The van der Waals surface area contributed by atoms with E-state index in [2.05, 4.69) is 0 Å². The maximum absolute atomic E-state index is 13.8. The van der Waals surface area contributed by atoms with Crippen LogP contribution in [-0.2, 0) is 15.4 Å². The minimum Gasteiger partial charge on any atom is -0.495 e. The smallest absolute Gasteiger partial charge is 0.182 e. The number of methoxy groups -OCH3 is 1. The molecule has 1 aliphatic rings. The first-order chi connectivity index (χ1) is 7.78. The van der Waals surface area contributed by atoms with Crippen molar-refractivity contribution in [3.05, 3.63) is 23.5 Å². The summed E-state index contributed by atoms with van der Waals surface area (Å²) in [4.78, 5) is -0.465. The Kier molecular flexibility index (Phi) is 2.67. The van der Waals surface area contributed by atoms with Crippen molar-refractivity contribution >= 4 is 9.84 Å². The Bertz CT molecular complexity index is 561. The Morgan fingerprint density at radius 3 is 2.41 bits per heavy atom. The lowest BCUT2D eigenvalue weighted by Gasteiger charge is -2.13. The molecular weight excluding hydrogens is 247 g/mol. The molecule has 1 N–H and O–H groups in total. The predicted molar refractivity (Wildman–Crippen MR) is 59.2 cm³/mol. The molecule has 6 heteroatoms. The Labute approximate surface area is 98.9 Å². The molecule has 0 atom stereocenters. The number of hydrogen-bond donors (Lipinski definition) is 1. The van der Waals surface area contributed by atoms with E-state index >= 15 is 0 Å². The van der Waals surface area contributed by atoms with Gasteiger partial charge in [0.05, 0.1) is 12.7 Å².